The Balaban J connectivity index is 2.20. The maximum atomic E-state index is 2.36. The van der Waals surface area contributed by atoms with Gasteiger partial charge in [0.25, 0.3) is 0 Å². The SMILES string of the molecule is CC1C(N(C)C)CN(c2ccccc2)N1C. The Hall–Kier alpha value is -1.06. The van der Waals surface area contributed by atoms with Gasteiger partial charge in [0, 0.05) is 19.1 Å². The molecule has 0 N–H and O–H groups in total. The molecule has 1 saturated heterocycles. The van der Waals surface area contributed by atoms with Crippen LogP contribution in [0, 0.1) is 0 Å². The van der Waals surface area contributed by atoms with Gasteiger partial charge >= 0.3 is 0 Å². The van der Waals surface area contributed by atoms with E-state index in [0.29, 0.717) is 12.1 Å². The zero-order valence-electron chi connectivity index (χ0n) is 10.6. The largest absolute Gasteiger partial charge is 0.304 e. The number of hydrazine groups is 1. The van der Waals surface area contributed by atoms with Gasteiger partial charge in [0.05, 0.1) is 12.2 Å². The quantitative estimate of drug-likeness (QED) is 0.749. The Bertz CT molecular complexity index is 336. The molecule has 1 heterocycles. The number of likely N-dealkylation sites (N-methyl/N-ethyl adjacent to an activating group) is 2. The molecule has 1 fully saturated rings. The average molecular weight is 219 g/mol. The first-order valence-electron chi connectivity index (χ1n) is 5.83. The molecule has 88 valence electrons. The van der Waals surface area contributed by atoms with Crippen LogP contribution in [0.3, 0.4) is 0 Å². The molecule has 1 aliphatic rings. The van der Waals surface area contributed by atoms with Crippen molar-refractivity contribution in [3.63, 3.8) is 0 Å². The normalized spacial score (nSPS) is 26.7. The predicted molar refractivity (Wildman–Crippen MR) is 68.5 cm³/mol. The summed E-state index contributed by atoms with van der Waals surface area (Å²) in [5.41, 5.74) is 1.28. The molecule has 3 nitrogen and oxygen atoms in total. The van der Waals surface area contributed by atoms with Gasteiger partial charge in [-0.15, -0.1) is 0 Å². The molecule has 2 unspecified atom stereocenters. The van der Waals surface area contributed by atoms with E-state index in [1.807, 2.05) is 0 Å². The maximum absolute atomic E-state index is 2.36. The molecule has 1 aliphatic heterocycles. The standard InChI is InChI=1S/C13H21N3/c1-11-13(14(2)3)10-16(15(11)4)12-8-6-5-7-9-12/h5-9,11,13H,10H2,1-4H3. The van der Waals surface area contributed by atoms with Crippen LogP contribution in [0.15, 0.2) is 30.3 Å². The predicted octanol–water partition coefficient (Wildman–Crippen LogP) is 1.67. The van der Waals surface area contributed by atoms with Crippen LogP contribution in [0.2, 0.25) is 0 Å². The van der Waals surface area contributed by atoms with E-state index >= 15 is 0 Å². The van der Waals surface area contributed by atoms with Crippen LogP contribution in [0.5, 0.6) is 0 Å². The van der Waals surface area contributed by atoms with Crippen molar-refractivity contribution in [2.45, 2.75) is 19.0 Å². The van der Waals surface area contributed by atoms with E-state index < -0.39 is 0 Å². The van der Waals surface area contributed by atoms with E-state index in [2.05, 4.69) is 73.3 Å². The molecule has 1 aromatic rings. The lowest BCUT2D eigenvalue weighted by molar-refractivity contribution is 0.221. The highest BCUT2D eigenvalue weighted by atomic mass is 15.7. The van der Waals surface area contributed by atoms with Crippen LogP contribution < -0.4 is 5.01 Å². The molecule has 0 radical (unpaired) electrons. The average Bonchev–Trinajstić information content (AvgIpc) is 2.58. The molecule has 0 spiro atoms. The van der Waals surface area contributed by atoms with Crippen LogP contribution in [-0.2, 0) is 0 Å². The van der Waals surface area contributed by atoms with Crippen molar-refractivity contribution in [1.82, 2.24) is 9.91 Å². The first-order chi connectivity index (χ1) is 7.61. The van der Waals surface area contributed by atoms with Crippen LogP contribution in [0.1, 0.15) is 6.92 Å². The van der Waals surface area contributed by atoms with Gasteiger partial charge in [-0.3, -0.25) is 0 Å². The van der Waals surface area contributed by atoms with Gasteiger partial charge in [-0.2, -0.15) is 0 Å². The fourth-order valence-electron chi connectivity index (χ4n) is 2.41. The Morgan fingerprint density at radius 1 is 1.19 bits per heavy atom. The lowest BCUT2D eigenvalue weighted by Gasteiger charge is -2.28. The van der Waals surface area contributed by atoms with Gasteiger partial charge in [0.2, 0.25) is 0 Å². The van der Waals surface area contributed by atoms with Crippen LogP contribution >= 0.6 is 0 Å². The number of rotatable bonds is 2. The van der Waals surface area contributed by atoms with Crippen molar-refractivity contribution in [1.29, 1.82) is 0 Å². The number of hydrogen-bond donors (Lipinski definition) is 0. The fourth-order valence-corrected chi connectivity index (χ4v) is 2.41. The minimum absolute atomic E-state index is 0.551. The van der Waals surface area contributed by atoms with E-state index in [0.717, 1.165) is 6.54 Å². The van der Waals surface area contributed by atoms with E-state index in [-0.39, 0.29) is 0 Å². The number of benzene rings is 1. The zero-order chi connectivity index (χ0) is 11.7. The second-order valence-corrected chi connectivity index (χ2v) is 4.76. The van der Waals surface area contributed by atoms with Crippen LogP contribution in [0.4, 0.5) is 5.69 Å². The zero-order valence-corrected chi connectivity index (χ0v) is 10.6. The monoisotopic (exact) mass is 219 g/mol. The third-order valence-electron chi connectivity index (χ3n) is 3.60. The Kier molecular flexibility index (Phi) is 3.17. The fraction of sp³-hybridized carbons (Fsp3) is 0.538. The molecule has 0 aromatic heterocycles. The smallest absolute Gasteiger partial charge is 0.0522 e. The third-order valence-corrected chi connectivity index (χ3v) is 3.60. The molecular weight excluding hydrogens is 198 g/mol. The lowest BCUT2D eigenvalue weighted by atomic mass is 10.1. The number of para-hydroxylation sites is 1. The lowest BCUT2D eigenvalue weighted by Crippen LogP contribution is -2.40. The summed E-state index contributed by atoms with van der Waals surface area (Å²) in [4.78, 5) is 2.31. The highest BCUT2D eigenvalue weighted by molar-refractivity contribution is 5.46. The molecule has 0 saturated carbocycles. The Morgan fingerprint density at radius 2 is 1.81 bits per heavy atom. The Labute approximate surface area is 98.2 Å². The van der Waals surface area contributed by atoms with E-state index in [9.17, 15) is 0 Å². The van der Waals surface area contributed by atoms with Crippen molar-refractivity contribution >= 4 is 5.69 Å². The summed E-state index contributed by atoms with van der Waals surface area (Å²) >= 11 is 0. The molecule has 0 aliphatic carbocycles. The van der Waals surface area contributed by atoms with Gasteiger partial charge in [0.15, 0.2) is 0 Å². The molecule has 0 amide bonds. The van der Waals surface area contributed by atoms with Gasteiger partial charge < -0.3 is 9.91 Å². The van der Waals surface area contributed by atoms with Crippen molar-refractivity contribution in [3.8, 4) is 0 Å². The summed E-state index contributed by atoms with van der Waals surface area (Å²) in [6.45, 7) is 3.35. The summed E-state index contributed by atoms with van der Waals surface area (Å²) < 4.78 is 0. The van der Waals surface area contributed by atoms with Gasteiger partial charge in [0.1, 0.15) is 0 Å². The highest BCUT2D eigenvalue weighted by Crippen LogP contribution is 2.25. The molecule has 2 atom stereocenters. The number of nitrogens with zero attached hydrogens (tertiary/aromatic N) is 3. The van der Waals surface area contributed by atoms with Crippen molar-refractivity contribution in [3.05, 3.63) is 30.3 Å². The van der Waals surface area contributed by atoms with Crippen LogP contribution in [0.25, 0.3) is 0 Å². The molecule has 0 bridgehead atoms. The minimum atomic E-state index is 0.551. The van der Waals surface area contributed by atoms with Gasteiger partial charge in [-0.25, -0.2) is 5.01 Å². The van der Waals surface area contributed by atoms with E-state index in [1.54, 1.807) is 0 Å². The van der Waals surface area contributed by atoms with Crippen LogP contribution in [-0.4, -0.2) is 49.7 Å². The van der Waals surface area contributed by atoms with Crippen molar-refractivity contribution in [2.75, 3.05) is 32.7 Å². The van der Waals surface area contributed by atoms with E-state index in [4.69, 9.17) is 0 Å². The number of anilines is 1. The molecule has 2 rings (SSSR count). The second kappa shape index (κ2) is 4.44. The molecule has 1 aromatic carbocycles. The highest BCUT2D eigenvalue weighted by Gasteiger charge is 2.35. The summed E-state index contributed by atoms with van der Waals surface area (Å²) in [5, 5.41) is 4.69. The van der Waals surface area contributed by atoms with Crippen molar-refractivity contribution < 1.29 is 0 Å². The summed E-state index contributed by atoms with van der Waals surface area (Å²) in [6.07, 6.45) is 0. The molecular formula is C13H21N3. The van der Waals surface area contributed by atoms with Gasteiger partial charge in [-0.05, 0) is 33.2 Å². The first-order valence-corrected chi connectivity index (χ1v) is 5.83. The minimum Gasteiger partial charge on any atom is -0.304 e. The first kappa shape index (κ1) is 11.4. The molecule has 3 heteroatoms. The van der Waals surface area contributed by atoms with E-state index in [1.165, 1.54) is 5.69 Å². The summed E-state index contributed by atoms with van der Waals surface area (Å²) in [5.74, 6) is 0. The van der Waals surface area contributed by atoms with Crippen molar-refractivity contribution in [2.24, 2.45) is 0 Å². The summed E-state index contributed by atoms with van der Waals surface area (Å²) in [7, 11) is 6.48. The Morgan fingerprint density at radius 3 is 2.31 bits per heavy atom. The maximum Gasteiger partial charge on any atom is 0.0522 e. The van der Waals surface area contributed by atoms with Gasteiger partial charge in [-0.1, -0.05) is 18.2 Å². The second-order valence-electron chi connectivity index (χ2n) is 4.76. The third kappa shape index (κ3) is 1.93. The topological polar surface area (TPSA) is 9.72 Å². The summed E-state index contributed by atoms with van der Waals surface area (Å²) in [6, 6.07) is 11.7. The number of hydrogen-bond acceptors (Lipinski definition) is 3. The molecule has 16 heavy (non-hydrogen) atoms.